The molecule has 0 spiro atoms. The number of nitrogens with zero attached hydrogens (tertiary/aromatic N) is 2. The lowest BCUT2D eigenvalue weighted by atomic mass is 10.0. The van der Waals surface area contributed by atoms with Crippen LogP contribution in [0.2, 0.25) is 0 Å². The molecule has 0 radical (unpaired) electrons. The van der Waals surface area contributed by atoms with E-state index < -0.39 is 5.91 Å². The zero-order valence-corrected chi connectivity index (χ0v) is 11.9. The molecule has 2 aromatic rings. The van der Waals surface area contributed by atoms with Crippen LogP contribution in [0.1, 0.15) is 40.9 Å². The Morgan fingerprint density at radius 3 is 2.95 bits per heavy atom. The molecule has 6 heteroatoms. The molecule has 1 aliphatic carbocycles. The molecule has 1 atom stereocenters. The maximum atomic E-state index is 13.9. The van der Waals surface area contributed by atoms with Gasteiger partial charge in [-0.05, 0) is 36.6 Å². The fourth-order valence-electron chi connectivity index (χ4n) is 2.64. The number of phenols is 1. The van der Waals surface area contributed by atoms with Crippen molar-refractivity contribution in [2.45, 2.75) is 19.3 Å². The monoisotopic (exact) mass is 299 g/mol. The minimum absolute atomic E-state index is 0.0356. The summed E-state index contributed by atoms with van der Waals surface area (Å²) in [5.74, 6) is -0.967. The van der Waals surface area contributed by atoms with Crippen molar-refractivity contribution in [3.05, 3.63) is 59.2 Å². The van der Waals surface area contributed by atoms with Crippen LogP contribution in [0.15, 0.2) is 41.6 Å². The highest BCUT2D eigenvalue weighted by Crippen LogP contribution is 2.39. The van der Waals surface area contributed by atoms with Crippen molar-refractivity contribution in [3.8, 4) is 5.75 Å². The van der Waals surface area contributed by atoms with E-state index in [1.165, 1.54) is 18.3 Å². The summed E-state index contributed by atoms with van der Waals surface area (Å²) in [6.45, 7) is 1.85. The quantitative estimate of drug-likeness (QED) is 0.837. The number of benzene rings is 1. The second-order valence-electron chi connectivity index (χ2n) is 5.17. The van der Waals surface area contributed by atoms with Gasteiger partial charge < -0.3 is 5.11 Å². The topological polar surface area (TPSA) is 74.6 Å². The van der Waals surface area contributed by atoms with E-state index in [1.807, 2.05) is 6.92 Å². The van der Waals surface area contributed by atoms with Crippen LogP contribution in [0.3, 0.4) is 0 Å². The Bertz CT molecular complexity index is 759. The van der Waals surface area contributed by atoms with Crippen molar-refractivity contribution in [2.24, 2.45) is 5.10 Å². The number of pyridine rings is 1. The molecule has 5 nitrogen and oxygen atoms in total. The summed E-state index contributed by atoms with van der Waals surface area (Å²) < 4.78 is 13.9. The van der Waals surface area contributed by atoms with E-state index in [9.17, 15) is 14.3 Å². The van der Waals surface area contributed by atoms with E-state index in [0.717, 1.165) is 0 Å². The molecule has 0 bridgehead atoms. The zero-order valence-electron chi connectivity index (χ0n) is 11.9. The van der Waals surface area contributed by atoms with Gasteiger partial charge in [-0.25, -0.2) is 9.82 Å². The Morgan fingerprint density at radius 2 is 2.23 bits per heavy atom. The number of nitrogens with one attached hydrogen (secondary N) is 1. The first kappa shape index (κ1) is 14.2. The van der Waals surface area contributed by atoms with Gasteiger partial charge in [0.2, 0.25) is 0 Å². The summed E-state index contributed by atoms with van der Waals surface area (Å²) in [6, 6.07) is 7.50. The third-order valence-corrected chi connectivity index (χ3v) is 3.64. The van der Waals surface area contributed by atoms with Gasteiger partial charge in [-0.15, -0.1) is 0 Å². The smallest absolute Gasteiger partial charge is 0.289 e. The van der Waals surface area contributed by atoms with E-state index in [2.05, 4.69) is 15.5 Å². The van der Waals surface area contributed by atoms with Gasteiger partial charge in [0.1, 0.15) is 17.3 Å². The maximum absolute atomic E-state index is 13.9. The number of hydrogen-bond acceptors (Lipinski definition) is 4. The molecule has 0 saturated carbocycles. The van der Waals surface area contributed by atoms with Crippen molar-refractivity contribution in [1.29, 1.82) is 0 Å². The van der Waals surface area contributed by atoms with Gasteiger partial charge in [-0.3, -0.25) is 9.78 Å². The molecular formula is C16H14FN3O2. The second-order valence-corrected chi connectivity index (χ2v) is 5.17. The van der Waals surface area contributed by atoms with E-state index in [-0.39, 0.29) is 23.2 Å². The summed E-state index contributed by atoms with van der Waals surface area (Å²) >= 11 is 0. The Labute approximate surface area is 126 Å². The number of carbonyl (C=O) groups excluding carboxylic acids is 1. The standard InChI is InChI=1S/C16H14FN3O2/c1-9-8-12(15-13(21)6-5-10(17)14(9)15)19-20-16(22)11-4-2-3-7-18-11/h2-7,9,21H,8H2,1H3,(H,20,22)/b19-12+/t9-/m1/s1. The highest BCUT2D eigenvalue weighted by atomic mass is 19.1. The third kappa shape index (κ3) is 2.43. The van der Waals surface area contributed by atoms with Crippen LogP contribution in [0.4, 0.5) is 4.39 Å². The molecule has 3 rings (SSSR count). The normalized spacial score (nSPS) is 18.3. The van der Waals surface area contributed by atoms with Gasteiger partial charge in [-0.1, -0.05) is 13.0 Å². The summed E-state index contributed by atoms with van der Waals surface area (Å²) in [5, 5.41) is 14.0. The van der Waals surface area contributed by atoms with Gasteiger partial charge in [0.15, 0.2) is 0 Å². The van der Waals surface area contributed by atoms with Crippen LogP contribution in [0.25, 0.3) is 0 Å². The zero-order chi connectivity index (χ0) is 15.7. The Morgan fingerprint density at radius 1 is 1.41 bits per heavy atom. The molecule has 0 saturated heterocycles. The molecule has 1 heterocycles. The van der Waals surface area contributed by atoms with Crippen LogP contribution in [0, 0.1) is 5.82 Å². The van der Waals surface area contributed by atoms with Crippen molar-refractivity contribution in [3.63, 3.8) is 0 Å². The van der Waals surface area contributed by atoms with Crippen molar-refractivity contribution in [2.75, 3.05) is 0 Å². The largest absolute Gasteiger partial charge is 0.507 e. The number of hydrazone groups is 1. The molecule has 0 unspecified atom stereocenters. The van der Waals surface area contributed by atoms with Crippen molar-refractivity contribution in [1.82, 2.24) is 10.4 Å². The Hall–Kier alpha value is -2.76. The number of aromatic hydroxyl groups is 1. The SMILES string of the molecule is C[C@@H]1C/C(=N\NC(=O)c2ccccn2)c2c(O)ccc(F)c21. The molecule has 0 fully saturated rings. The van der Waals surface area contributed by atoms with Crippen LogP contribution < -0.4 is 5.43 Å². The minimum Gasteiger partial charge on any atom is -0.507 e. The van der Waals surface area contributed by atoms with E-state index in [0.29, 0.717) is 23.3 Å². The van der Waals surface area contributed by atoms with Crippen molar-refractivity contribution >= 4 is 11.6 Å². The summed E-state index contributed by atoms with van der Waals surface area (Å²) in [5.41, 5.74) is 3.91. The Kier molecular flexibility index (Phi) is 3.58. The van der Waals surface area contributed by atoms with Crippen LogP contribution >= 0.6 is 0 Å². The fraction of sp³-hybridized carbons (Fsp3) is 0.188. The number of carbonyl (C=O) groups is 1. The number of amides is 1. The third-order valence-electron chi connectivity index (χ3n) is 3.64. The minimum atomic E-state index is -0.454. The van der Waals surface area contributed by atoms with Crippen LogP contribution in [-0.4, -0.2) is 21.7 Å². The van der Waals surface area contributed by atoms with Gasteiger partial charge in [0.05, 0.1) is 5.71 Å². The highest BCUT2D eigenvalue weighted by Gasteiger charge is 2.30. The van der Waals surface area contributed by atoms with Crippen molar-refractivity contribution < 1.29 is 14.3 Å². The lowest BCUT2D eigenvalue weighted by Crippen LogP contribution is -2.20. The summed E-state index contributed by atoms with van der Waals surface area (Å²) in [7, 11) is 0. The van der Waals surface area contributed by atoms with Gasteiger partial charge in [0.25, 0.3) is 5.91 Å². The molecule has 1 amide bonds. The average molecular weight is 299 g/mol. The molecule has 1 aromatic carbocycles. The number of phenolic OH excluding ortho intramolecular Hbond substituents is 1. The predicted octanol–water partition coefficient (Wildman–Crippen LogP) is 2.57. The summed E-state index contributed by atoms with van der Waals surface area (Å²) in [6.07, 6.45) is 1.96. The molecule has 1 aromatic heterocycles. The number of rotatable bonds is 2. The first-order chi connectivity index (χ1) is 10.6. The number of aromatic nitrogens is 1. The first-order valence-corrected chi connectivity index (χ1v) is 6.87. The number of halogens is 1. The van der Waals surface area contributed by atoms with E-state index in [1.54, 1.807) is 18.2 Å². The molecule has 1 aliphatic rings. The van der Waals surface area contributed by atoms with Gasteiger partial charge >= 0.3 is 0 Å². The lowest BCUT2D eigenvalue weighted by molar-refractivity contribution is 0.0950. The van der Waals surface area contributed by atoms with Gasteiger partial charge in [0, 0.05) is 17.3 Å². The summed E-state index contributed by atoms with van der Waals surface area (Å²) in [4.78, 5) is 15.9. The van der Waals surface area contributed by atoms with Crippen LogP contribution in [-0.2, 0) is 0 Å². The predicted molar refractivity (Wildman–Crippen MR) is 79.3 cm³/mol. The Balaban J connectivity index is 1.89. The lowest BCUT2D eigenvalue weighted by Gasteiger charge is -2.06. The van der Waals surface area contributed by atoms with Gasteiger partial charge in [-0.2, -0.15) is 5.10 Å². The fourth-order valence-corrected chi connectivity index (χ4v) is 2.64. The molecule has 112 valence electrons. The molecule has 22 heavy (non-hydrogen) atoms. The highest BCUT2D eigenvalue weighted by molar-refractivity contribution is 6.08. The number of fused-ring (bicyclic) bond motifs is 1. The number of hydrogen-bond donors (Lipinski definition) is 2. The second kappa shape index (κ2) is 5.55. The van der Waals surface area contributed by atoms with E-state index >= 15 is 0 Å². The molecular weight excluding hydrogens is 285 g/mol. The van der Waals surface area contributed by atoms with Crippen LogP contribution in [0.5, 0.6) is 5.75 Å². The molecule has 0 aliphatic heterocycles. The average Bonchev–Trinajstić information content (AvgIpc) is 2.87. The molecule has 2 N–H and O–H groups in total. The van der Waals surface area contributed by atoms with E-state index in [4.69, 9.17) is 0 Å². The maximum Gasteiger partial charge on any atom is 0.289 e. The first-order valence-electron chi connectivity index (χ1n) is 6.87.